The van der Waals surface area contributed by atoms with Crippen molar-refractivity contribution < 1.29 is 14.3 Å². The fourth-order valence-corrected chi connectivity index (χ4v) is 4.82. The second kappa shape index (κ2) is 8.47. The summed E-state index contributed by atoms with van der Waals surface area (Å²) in [6.07, 6.45) is 2.89. The average molecular weight is 432 g/mol. The van der Waals surface area contributed by atoms with Crippen LogP contribution in [0.4, 0.5) is 5.13 Å². The molecule has 1 aromatic heterocycles. The molecule has 1 aliphatic carbocycles. The number of amides is 1. The first kappa shape index (κ1) is 19.8. The third kappa shape index (κ3) is 4.11. The van der Waals surface area contributed by atoms with E-state index in [1.807, 2.05) is 18.2 Å². The van der Waals surface area contributed by atoms with E-state index in [1.54, 1.807) is 43.8 Å². The molecule has 29 heavy (non-hydrogen) atoms. The first-order chi connectivity index (χ1) is 14.1. The van der Waals surface area contributed by atoms with Crippen molar-refractivity contribution in [3.8, 4) is 11.5 Å². The molecule has 3 aromatic rings. The van der Waals surface area contributed by atoms with Gasteiger partial charge >= 0.3 is 0 Å². The van der Waals surface area contributed by atoms with Crippen LogP contribution in [0.3, 0.4) is 0 Å². The smallest absolute Gasteiger partial charge is 0.259 e. The van der Waals surface area contributed by atoms with Crippen molar-refractivity contribution in [1.29, 1.82) is 0 Å². The van der Waals surface area contributed by atoms with Crippen LogP contribution in [0.1, 0.15) is 29.6 Å². The lowest BCUT2D eigenvalue weighted by Gasteiger charge is -2.23. The van der Waals surface area contributed by atoms with Gasteiger partial charge in [-0.1, -0.05) is 29.0 Å². The molecule has 1 aliphatic rings. The Bertz CT molecular complexity index is 1020. The van der Waals surface area contributed by atoms with Gasteiger partial charge in [-0.2, -0.15) is 0 Å². The molecule has 4 rings (SSSR count). The standard InChI is InChI=1S/C21H22ClN3O3S/c1-27-16-7-4-8-17(28-2)19(16)20(26)23-13-5-3-6-14(13)24-21-25-15-11-12(22)9-10-18(15)29-21/h4,7-11,13-14H,3,5-6H2,1-2H3,(H,23,26)(H,24,25). The Labute approximate surface area is 178 Å². The summed E-state index contributed by atoms with van der Waals surface area (Å²) in [4.78, 5) is 17.6. The number of benzene rings is 2. The molecule has 2 aromatic carbocycles. The summed E-state index contributed by atoms with van der Waals surface area (Å²) in [5.74, 6) is 0.786. The summed E-state index contributed by atoms with van der Waals surface area (Å²) in [6, 6.07) is 11.1. The number of anilines is 1. The van der Waals surface area contributed by atoms with E-state index in [-0.39, 0.29) is 18.0 Å². The van der Waals surface area contributed by atoms with E-state index in [0.717, 1.165) is 34.6 Å². The fourth-order valence-electron chi connectivity index (χ4n) is 3.74. The molecule has 8 heteroatoms. The van der Waals surface area contributed by atoms with Gasteiger partial charge in [0.15, 0.2) is 5.13 Å². The van der Waals surface area contributed by atoms with Gasteiger partial charge in [-0.25, -0.2) is 4.98 Å². The zero-order valence-electron chi connectivity index (χ0n) is 16.2. The molecule has 0 spiro atoms. The number of thiazole rings is 1. The van der Waals surface area contributed by atoms with E-state index in [0.29, 0.717) is 22.1 Å². The predicted molar refractivity (Wildman–Crippen MR) is 117 cm³/mol. The highest BCUT2D eigenvalue weighted by Crippen LogP contribution is 2.32. The van der Waals surface area contributed by atoms with Gasteiger partial charge in [-0.3, -0.25) is 4.79 Å². The molecule has 1 amide bonds. The first-order valence-corrected chi connectivity index (χ1v) is 10.6. The van der Waals surface area contributed by atoms with Crippen LogP contribution in [0, 0.1) is 0 Å². The molecule has 2 unspecified atom stereocenters. The lowest BCUT2D eigenvalue weighted by Crippen LogP contribution is -2.43. The van der Waals surface area contributed by atoms with Crippen molar-refractivity contribution in [2.24, 2.45) is 0 Å². The van der Waals surface area contributed by atoms with Gasteiger partial charge in [0, 0.05) is 17.1 Å². The van der Waals surface area contributed by atoms with E-state index in [1.165, 1.54) is 0 Å². The maximum Gasteiger partial charge on any atom is 0.259 e. The molecule has 0 bridgehead atoms. The highest BCUT2D eigenvalue weighted by atomic mass is 35.5. The molecule has 6 nitrogen and oxygen atoms in total. The fraction of sp³-hybridized carbons (Fsp3) is 0.333. The maximum atomic E-state index is 13.0. The summed E-state index contributed by atoms with van der Waals surface area (Å²) >= 11 is 7.65. The molecular formula is C21H22ClN3O3S. The minimum absolute atomic E-state index is 0.00674. The van der Waals surface area contributed by atoms with E-state index in [2.05, 4.69) is 15.6 Å². The van der Waals surface area contributed by atoms with Gasteiger partial charge < -0.3 is 20.1 Å². The SMILES string of the molecule is COc1cccc(OC)c1C(=O)NC1CCCC1Nc1nc2cc(Cl)ccc2s1. The summed E-state index contributed by atoms with van der Waals surface area (Å²) in [5, 5.41) is 8.16. The lowest BCUT2D eigenvalue weighted by molar-refractivity contribution is 0.0929. The number of carbonyl (C=O) groups is 1. The summed E-state index contributed by atoms with van der Waals surface area (Å²) < 4.78 is 11.8. The van der Waals surface area contributed by atoms with Crippen LogP contribution in [0.15, 0.2) is 36.4 Å². The second-order valence-corrected chi connectivity index (χ2v) is 8.40. The molecule has 1 saturated carbocycles. The van der Waals surface area contributed by atoms with Crippen molar-refractivity contribution in [2.75, 3.05) is 19.5 Å². The number of ether oxygens (including phenoxy) is 2. The number of hydrogen-bond acceptors (Lipinski definition) is 6. The van der Waals surface area contributed by atoms with Crippen LogP contribution in [-0.4, -0.2) is 37.2 Å². The van der Waals surface area contributed by atoms with Crippen LogP contribution >= 0.6 is 22.9 Å². The topological polar surface area (TPSA) is 72.5 Å². The van der Waals surface area contributed by atoms with E-state index in [4.69, 9.17) is 21.1 Å². The molecule has 2 N–H and O–H groups in total. The largest absolute Gasteiger partial charge is 0.496 e. The summed E-state index contributed by atoms with van der Waals surface area (Å²) in [6.45, 7) is 0. The number of methoxy groups -OCH3 is 2. The predicted octanol–water partition coefficient (Wildman–Crippen LogP) is 4.73. The van der Waals surface area contributed by atoms with Crippen LogP contribution in [0.5, 0.6) is 11.5 Å². The summed E-state index contributed by atoms with van der Waals surface area (Å²) in [7, 11) is 3.09. The van der Waals surface area contributed by atoms with Crippen LogP contribution in [-0.2, 0) is 0 Å². The zero-order valence-corrected chi connectivity index (χ0v) is 17.8. The van der Waals surface area contributed by atoms with Gasteiger partial charge in [0.2, 0.25) is 0 Å². The minimum Gasteiger partial charge on any atom is -0.496 e. The number of nitrogens with one attached hydrogen (secondary N) is 2. The van der Waals surface area contributed by atoms with E-state index < -0.39 is 0 Å². The normalized spacial score (nSPS) is 18.6. The molecule has 152 valence electrons. The highest BCUT2D eigenvalue weighted by molar-refractivity contribution is 7.22. The average Bonchev–Trinajstić information content (AvgIpc) is 3.33. The van der Waals surface area contributed by atoms with Gasteiger partial charge in [-0.05, 0) is 49.6 Å². The maximum absolute atomic E-state index is 13.0. The molecular weight excluding hydrogens is 410 g/mol. The monoisotopic (exact) mass is 431 g/mol. The van der Waals surface area contributed by atoms with Crippen LogP contribution in [0.2, 0.25) is 5.02 Å². The van der Waals surface area contributed by atoms with Crippen LogP contribution < -0.4 is 20.1 Å². The molecule has 0 saturated heterocycles. The highest BCUT2D eigenvalue weighted by Gasteiger charge is 2.31. The van der Waals surface area contributed by atoms with Crippen LogP contribution in [0.25, 0.3) is 10.2 Å². The van der Waals surface area contributed by atoms with Crippen molar-refractivity contribution in [1.82, 2.24) is 10.3 Å². The number of nitrogens with zero attached hydrogens (tertiary/aromatic N) is 1. The van der Waals surface area contributed by atoms with Gasteiger partial charge in [0.25, 0.3) is 5.91 Å². The minimum atomic E-state index is -0.200. The first-order valence-electron chi connectivity index (χ1n) is 9.43. The van der Waals surface area contributed by atoms with Crippen molar-refractivity contribution in [3.63, 3.8) is 0 Å². The molecule has 0 aliphatic heterocycles. The number of rotatable bonds is 6. The lowest BCUT2D eigenvalue weighted by atomic mass is 10.1. The number of aromatic nitrogens is 1. The molecule has 0 radical (unpaired) electrons. The second-order valence-electron chi connectivity index (χ2n) is 6.93. The zero-order chi connectivity index (χ0) is 20.4. The Morgan fingerprint density at radius 3 is 2.59 bits per heavy atom. The Morgan fingerprint density at radius 1 is 1.14 bits per heavy atom. The van der Waals surface area contributed by atoms with Gasteiger partial charge in [-0.15, -0.1) is 0 Å². The number of carbonyl (C=O) groups excluding carboxylic acids is 1. The van der Waals surface area contributed by atoms with Crippen molar-refractivity contribution >= 4 is 44.2 Å². The third-order valence-electron chi connectivity index (χ3n) is 5.15. The van der Waals surface area contributed by atoms with Crippen molar-refractivity contribution in [3.05, 3.63) is 47.0 Å². The van der Waals surface area contributed by atoms with E-state index in [9.17, 15) is 4.79 Å². The Balaban J connectivity index is 1.51. The summed E-state index contributed by atoms with van der Waals surface area (Å²) in [5.41, 5.74) is 1.29. The van der Waals surface area contributed by atoms with Gasteiger partial charge in [0.05, 0.1) is 24.4 Å². The Hall–Kier alpha value is -2.51. The Kier molecular flexibility index (Phi) is 5.78. The molecule has 2 atom stereocenters. The number of halogens is 1. The molecule has 1 heterocycles. The number of hydrogen-bond donors (Lipinski definition) is 2. The third-order valence-corrected chi connectivity index (χ3v) is 6.35. The molecule has 1 fully saturated rings. The Morgan fingerprint density at radius 2 is 1.86 bits per heavy atom. The van der Waals surface area contributed by atoms with E-state index >= 15 is 0 Å². The van der Waals surface area contributed by atoms with Gasteiger partial charge in [0.1, 0.15) is 17.1 Å². The number of fused-ring (bicyclic) bond motifs is 1. The van der Waals surface area contributed by atoms with Crippen molar-refractivity contribution in [2.45, 2.75) is 31.3 Å². The quantitative estimate of drug-likeness (QED) is 0.590.